The summed E-state index contributed by atoms with van der Waals surface area (Å²) in [6, 6.07) is 12.1. The van der Waals surface area contributed by atoms with Gasteiger partial charge in [-0.3, -0.25) is 9.88 Å². The molecule has 0 spiro atoms. The summed E-state index contributed by atoms with van der Waals surface area (Å²) in [5.41, 5.74) is 1.21. The van der Waals surface area contributed by atoms with E-state index in [4.69, 9.17) is 14.2 Å². The highest BCUT2D eigenvalue weighted by atomic mass is 16.7. The zero-order valence-corrected chi connectivity index (χ0v) is 14.3. The lowest BCUT2D eigenvalue weighted by molar-refractivity contribution is -0.0978. The highest BCUT2D eigenvalue weighted by molar-refractivity contribution is 5.37. The first kappa shape index (κ1) is 16.5. The normalized spacial score (nSPS) is 20.0. The first-order valence-corrected chi connectivity index (χ1v) is 9.00. The van der Waals surface area contributed by atoms with Gasteiger partial charge < -0.3 is 14.2 Å². The second kappa shape index (κ2) is 7.95. The van der Waals surface area contributed by atoms with Gasteiger partial charge in [-0.15, -0.1) is 0 Å². The quantitative estimate of drug-likeness (QED) is 0.834. The van der Waals surface area contributed by atoms with Gasteiger partial charge in [-0.1, -0.05) is 18.2 Å². The van der Waals surface area contributed by atoms with Crippen molar-refractivity contribution in [3.8, 4) is 11.5 Å². The zero-order chi connectivity index (χ0) is 16.9. The maximum Gasteiger partial charge on any atom is 0.160 e. The Kier molecular flexibility index (Phi) is 5.25. The lowest BCUT2D eigenvalue weighted by Gasteiger charge is -2.34. The van der Waals surface area contributed by atoms with Crippen LogP contribution in [0.1, 0.15) is 18.4 Å². The van der Waals surface area contributed by atoms with E-state index in [2.05, 4.69) is 22.0 Å². The van der Waals surface area contributed by atoms with Crippen LogP contribution in [-0.4, -0.2) is 42.5 Å². The Hall–Kier alpha value is -1.95. The van der Waals surface area contributed by atoms with Gasteiger partial charge in [0.05, 0.1) is 19.4 Å². The summed E-state index contributed by atoms with van der Waals surface area (Å²) in [5.74, 6) is 2.20. The van der Waals surface area contributed by atoms with Crippen LogP contribution in [0.5, 0.6) is 11.5 Å². The van der Waals surface area contributed by atoms with Gasteiger partial charge in [-0.05, 0) is 44.1 Å². The highest BCUT2D eigenvalue weighted by Gasteiger charge is 2.30. The molecule has 0 aliphatic carbocycles. The van der Waals surface area contributed by atoms with Gasteiger partial charge in [-0.25, -0.2) is 0 Å². The average Bonchev–Trinajstić information content (AvgIpc) is 3.20. The summed E-state index contributed by atoms with van der Waals surface area (Å²) >= 11 is 0. The molecule has 1 aromatic heterocycles. The monoisotopic (exact) mass is 340 g/mol. The zero-order valence-electron chi connectivity index (χ0n) is 14.3. The van der Waals surface area contributed by atoms with Crippen molar-refractivity contribution in [1.82, 2.24) is 9.88 Å². The standard InChI is InChI=1S/C20H24N2O3/c1-2-6-19(25-18-5-3-9-21-14-18)17(4-1)15-22-10-7-16(8-11-22)20-23-12-13-24-20/h1-6,9,14,16,20H,7-8,10-13,15H2. The molecule has 2 saturated heterocycles. The SMILES string of the molecule is c1cncc(Oc2ccccc2CN2CCC(C3OCCO3)CC2)c1. The molecule has 25 heavy (non-hydrogen) atoms. The van der Waals surface area contributed by atoms with Crippen molar-refractivity contribution in [1.29, 1.82) is 0 Å². The molecular weight excluding hydrogens is 316 g/mol. The van der Waals surface area contributed by atoms with E-state index in [1.807, 2.05) is 24.3 Å². The Morgan fingerprint density at radius 1 is 1.04 bits per heavy atom. The van der Waals surface area contributed by atoms with E-state index >= 15 is 0 Å². The van der Waals surface area contributed by atoms with E-state index in [0.29, 0.717) is 5.92 Å². The summed E-state index contributed by atoms with van der Waals surface area (Å²) < 4.78 is 17.4. The Morgan fingerprint density at radius 2 is 1.84 bits per heavy atom. The average molecular weight is 340 g/mol. The first-order chi connectivity index (χ1) is 12.4. The van der Waals surface area contributed by atoms with Crippen molar-refractivity contribution in [2.75, 3.05) is 26.3 Å². The van der Waals surface area contributed by atoms with E-state index in [1.165, 1.54) is 5.56 Å². The molecule has 0 radical (unpaired) electrons. The van der Waals surface area contributed by atoms with E-state index in [1.54, 1.807) is 12.4 Å². The van der Waals surface area contributed by atoms with Crippen LogP contribution < -0.4 is 4.74 Å². The van der Waals surface area contributed by atoms with Gasteiger partial charge in [0.1, 0.15) is 11.5 Å². The van der Waals surface area contributed by atoms with Crippen molar-refractivity contribution < 1.29 is 14.2 Å². The largest absolute Gasteiger partial charge is 0.455 e. The number of benzene rings is 1. The predicted molar refractivity (Wildman–Crippen MR) is 94.4 cm³/mol. The van der Waals surface area contributed by atoms with Crippen molar-refractivity contribution in [2.24, 2.45) is 5.92 Å². The molecule has 0 N–H and O–H groups in total. The minimum atomic E-state index is 0.0170. The van der Waals surface area contributed by atoms with Crippen LogP contribution >= 0.6 is 0 Å². The molecular formula is C20H24N2O3. The molecule has 5 heteroatoms. The number of nitrogens with zero attached hydrogens (tertiary/aromatic N) is 2. The number of rotatable bonds is 5. The fourth-order valence-electron chi connectivity index (χ4n) is 3.54. The van der Waals surface area contributed by atoms with Crippen molar-refractivity contribution in [3.05, 3.63) is 54.4 Å². The van der Waals surface area contributed by atoms with E-state index in [-0.39, 0.29) is 6.29 Å². The number of hydrogen-bond donors (Lipinski definition) is 0. The van der Waals surface area contributed by atoms with Crippen LogP contribution in [0.3, 0.4) is 0 Å². The topological polar surface area (TPSA) is 43.8 Å². The van der Waals surface area contributed by atoms with E-state index in [9.17, 15) is 0 Å². The molecule has 2 aliphatic rings. The number of likely N-dealkylation sites (tertiary alicyclic amines) is 1. The Labute approximate surface area is 148 Å². The highest BCUT2D eigenvalue weighted by Crippen LogP contribution is 2.29. The molecule has 0 amide bonds. The molecule has 2 fully saturated rings. The predicted octanol–water partition coefficient (Wildman–Crippen LogP) is 3.46. The third kappa shape index (κ3) is 4.18. The van der Waals surface area contributed by atoms with E-state index in [0.717, 1.165) is 57.2 Å². The first-order valence-electron chi connectivity index (χ1n) is 9.00. The summed E-state index contributed by atoms with van der Waals surface area (Å²) in [7, 11) is 0. The summed E-state index contributed by atoms with van der Waals surface area (Å²) in [6.45, 7) is 4.51. The smallest absolute Gasteiger partial charge is 0.160 e. The number of ether oxygens (including phenoxy) is 3. The van der Waals surface area contributed by atoms with Gasteiger partial charge in [0.15, 0.2) is 6.29 Å². The number of para-hydroxylation sites is 1. The lowest BCUT2D eigenvalue weighted by atomic mass is 9.96. The summed E-state index contributed by atoms with van der Waals surface area (Å²) in [5, 5.41) is 0. The van der Waals surface area contributed by atoms with Crippen LogP contribution in [0, 0.1) is 5.92 Å². The summed E-state index contributed by atoms with van der Waals surface area (Å²) in [4.78, 5) is 6.60. The minimum Gasteiger partial charge on any atom is -0.455 e. The minimum absolute atomic E-state index is 0.0170. The van der Waals surface area contributed by atoms with Crippen LogP contribution in [0.4, 0.5) is 0 Å². The molecule has 0 unspecified atom stereocenters. The molecule has 5 nitrogen and oxygen atoms in total. The molecule has 4 rings (SSSR count). The second-order valence-electron chi connectivity index (χ2n) is 6.62. The second-order valence-corrected chi connectivity index (χ2v) is 6.62. The molecule has 1 aromatic carbocycles. The molecule has 0 saturated carbocycles. The van der Waals surface area contributed by atoms with Gasteiger partial charge in [0.2, 0.25) is 0 Å². The summed E-state index contributed by atoms with van der Waals surface area (Å²) in [6.07, 6.45) is 5.75. The number of piperidine rings is 1. The van der Waals surface area contributed by atoms with Crippen LogP contribution in [-0.2, 0) is 16.0 Å². The molecule has 0 bridgehead atoms. The third-order valence-corrected chi connectivity index (χ3v) is 4.89. The lowest BCUT2D eigenvalue weighted by Crippen LogP contribution is -2.37. The molecule has 0 atom stereocenters. The van der Waals surface area contributed by atoms with Crippen LogP contribution in [0.2, 0.25) is 0 Å². The fraction of sp³-hybridized carbons (Fsp3) is 0.450. The van der Waals surface area contributed by atoms with Crippen LogP contribution in [0.25, 0.3) is 0 Å². The fourth-order valence-corrected chi connectivity index (χ4v) is 3.54. The molecule has 132 valence electrons. The number of aromatic nitrogens is 1. The van der Waals surface area contributed by atoms with Crippen molar-refractivity contribution >= 4 is 0 Å². The molecule has 2 aromatic rings. The molecule has 3 heterocycles. The maximum atomic E-state index is 6.02. The Morgan fingerprint density at radius 3 is 2.60 bits per heavy atom. The Bertz CT molecular complexity index is 666. The molecule has 2 aliphatic heterocycles. The third-order valence-electron chi connectivity index (χ3n) is 4.89. The van der Waals surface area contributed by atoms with Crippen LogP contribution in [0.15, 0.2) is 48.8 Å². The van der Waals surface area contributed by atoms with Gasteiger partial charge in [0.25, 0.3) is 0 Å². The van der Waals surface area contributed by atoms with E-state index < -0.39 is 0 Å². The Balaban J connectivity index is 1.37. The number of hydrogen-bond acceptors (Lipinski definition) is 5. The van der Waals surface area contributed by atoms with Gasteiger partial charge in [0, 0.05) is 24.2 Å². The number of pyridine rings is 1. The van der Waals surface area contributed by atoms with Gasteiger partial charge in [-0.2, -0.15) is 0 Å². The van der Waals surface area contributed by atoms with Crippen molar-refractivity contribution in [3.63, 3.8) is 0 Å². The van der Waals surface area contributed by atoms with Crippen molar-refractivity contribution in [2.45, 2.75) is 25.7 Å². The van der Waals surface area contributed by atoms with Gasteiger partial charge >= 0.3 is 0 Å². The maximum absolute atomic E-state index is 6.02.